The number of nitrogens with one attached hydrogen (secondary N) is 1. The van der Waals surface area contributed by atoms with Crippen LogP contribution in [-0.4, -0.2) is 23.1 Å². The molecule has 1 N–H and O–H groups in total. The fraction of sp³-hybridized carbons (Fsp3) is 0.200. The van der Waals surface area contributed by atoms with Gasteiger partial charge < -0.3 is 9.15 Å². The maximum absolute atomic E-state index is 11.7. The van der Waals surface area contributed by atoms with Crippen molar-refractivity contribution in [3.05, 3.63) is 58.0 Å². The van der Waals surface area contributed by atoms with Crippen LogP contribution in [0.3, 0.4) is 0 Å². The van der Waals surface area contributed by atoms with Crippen LogP contribution in [-0.2, 0) is 0 Å². The Bertz CT molecular complexity index is 738. The summed E-state index contributed by atoms with van der Waals surface area (Å²) in [5.41, 5.74) is 3.08. The van der Waals surface area contributed by atoms with E-state index in [1.54, 1.807) is 26.0 Å². The summed E-state index contributed by atoms with van der Waals surface area (Å²) < 4.78 is 10.2. The minimum absolute atomic E-state index is 0.124. The zero-order valence-corrected chi connectivity index (χ0v) is 12.6. The number of nitrogens with zero attached hydrogens (tertiary/aromatic N) is 2. The van der Waals surface area contributed by atoms with E-state index in [0.717, 1.165) is 0 Å². The van der Waals surface area contributed by atoms with Crippen molar-refractivity contribution in [3.63, 3.8) is 0 Å². The highest BCUT2D eigenvalue weighted by Crippen LogP contribution is 2.28. The molecule has 2 aromatic rings. The number of nitro groups is 1. The van der Waals surface area contributed by atoms with Crippen molar-refractivity contribution in [2.45, 2.75) is 13.8 Å². The number of amides is 1. The second-order valence-electron chi connectivity index (χ2n) is 4.49. The van der Waals surface area contributed by atoms with E-state index in [2.05, 4.69) is 10.5 Å². The minimum atomic E-state index is -0.525. The van der Waals surface area contributed by atoms with Gasteiger partial charge in [-0.15, -0.1) is 0 Å². The molecule has 0 spiro atoms. The molecule has 2 rings (SSSR count). The van der Waals surface area contributed by atoms with Crippen molar-refractivity contribution >= 4 is 17.3 Å². The van der Waals surface area contributed by atoms with Gasteiger partial charge in [-0.1, -0.05) is 0 Å². The number of ether oxygens (including phenoxy) is 1. The summed E-state index contributed by atoms with van der Waals surface area (Å²) in [6.45, 7) is 3.70. The maximum atomic E-state index is 11.7. The van der Waals surface area contributed by atoms with Crippen molar-refractivity contribution < 1.29 is 18.9 Å². The van der Waals surface area contributed by atoms with Crippen molar-refractivity contribution in [2.24, 2.45) is 5.10 Å². The molecule has 1 amide bonds. The smallest absolute Gasteiger partial charge is 0.311 e. The van der Waals surface area contributed by atoms with Crippen molar-refractivity contribution in [1.82, 2.24) is 5.43 Å². The van der Waals surface area contributed by atoms with Crippen LogP contribution in [0.15, 0.2) is 46.1 Å². The lowest BCUT2D eigenvalue weighted by Gasteiger charge is -2.06. The number of hydrogen-bond acceptors (Lipinski definition) is 6. The van der Waals surface area contributed by atoms with Gasteiger partial charge in [0, 0.05) is 11.6 Å². The van der Waals surface area contributed by atoms with E-state index >= 15 is 0 Å². The highest BCUT2D eigenvalue weighted by molar-refractivity contribution is 6.01. The Hall–Kier alpha value is -3.16. The number of carbonyl (C=O) groups is 1. The van der Waals surface area contributed by atoms with Crippen LogP contribution in [0.4, 0.5) is 5.69 Å². The summed E-state index contributed by atoms with van der Waals surface area (Å²) in [5, 5.41) is 15.0. The number of hydrogen-bond donors (Lipinski definition) is 1. The summed E-state index contributed by atoms with van der Waals surface area (Å²) in [5.74, 6) is -0.192. The van der Waals surface area contributed by atoms with E-state index in [4.69, 9.17) is 9.15 Å². The summed E-state index contributed by atoms with van der Waals surface area (Å²) in [7, 11) is 0. The van der Waals surface area contributed by atoms with Crippen LogP contribution in [0.2, 0.25) is 0 Å². The predicted octanol–water partition coefficient (Wildman–Crippen LogP) is 2.74. The molecule has 1 aromatic heterocycles. The van der Waals surface area contributed by atoms with Gasteiger partial charge in [0.1, 0.15) is 0 Å². The summed E-state index contributed by atoms with van der Waals surface area (Å²) >= 11 is 0. The molecule has 120 valence electrons. The Kier molecular flexibility index (Phi) is 5.08. The Morgan fingerprint density at radius 1 is 1.43 bits per heavy atom. The highest BCUT2D eigenvalue weighted by Gasteiger charge is 2.17. The van der Waals surface area contributed by atoms with Gasteiger partial charge in [0.15, 0.2) is 11.5 Å². The molecule has 8 heteroatoms. The molecule has 0 saturated heterocycles. The summed E-state index contributed by atoms with van der Waals surface area (Å²) in [4.78, 5) is 22.3. The second-order valence-corrected chi connectivity index (χ2v) is 4.49. The van der Waals surface area contributed by atoms with Crippen LogP contribution in [0, 0.1) is 10.1 Å². The number of benzene rings is 1. The van der Waals surface area contributed by atoms with Gasteiger partial charge in [-0.25, -0.2) is 5.43 Å². The topological polar surface area (TPSA) is 107 Å². The summed E-state index contributed by atoms with van der Waals surface area (Å²) in [6.07, 6.45) is 1.38. The number of hydrazone groups is 1. The average Bonchev–Trinajstić information content (AvgIpc) is 3.07. The van der Waals surface area contributed by atoms with Gasteiger partial charge in [0.25, 0.3) is 0 Å². The van der Waals surface area contributed by atoms with Crippen molar-refractivity contribution in [2.75, 3.05) is 6.61 Å². The molecule has 1 aromatic carbocycles. The number of nitro benzene ring substituents is 1. The molecule has 0 fully saturated rings. The van der Waals surface area contributed by atoms with Gasteiger partial charge in [0.2, 0.25) is 0 Å². The number of rotatable bonds is 6. The van der Waals surface area contributed by atoms with Gasteiger partial charge in [-0.2, -0.15) is 5.10 Å². The molecule has 0 aliphatic rings. The molecule has 0 aliphatic carbocycles. The van der Waals surface area contributed by atoms with Crippen LogP contribution in [0.1, 0.15) is 30.0 Å². The third-order valence-corrected chi connectivity index (χ3v) is 2.94. The first-order valence-electron chi connectivity index (χ1n) is 6.82. The molecule has 0 saturated carbocycles. The molecular formula is C15H15N3O5. The van der Waals surface area contributed by atoms with E-state index in [0.29, 0.717) is 17.9 Å². The predicted molar refractivity (Wildman–Crippen MR) is 82.7 cm³/mol. The lowest BCUT2D eigenvalue weighted by Crippen LogP contribution is -2.18. The third-order valence-electron chi connectivity index (χ3n) is 2.94. The average molecular weight is 317 g/mol. The third kappa shape index (κ3) is 3.94. The zero-order chi connectivity index (χ0) is 16.8. The quantitative estimate of drug-likeness (QED) is 0.501. The van der Waals surface area contributed by atoms with Crippen LogP contribution in [0.5, 0.6) is 5.75 Å². The first kappa shape index (κ1) is 16.2. The Balaban J connectivity index is 2.20. The fourth-order valence-corrected chi connectivity index (χ4v) is 1.82. The van der Waals surface area contributed by atoms with Gasteiger partial charge >= 0.3 is 11.6 Å². The number of carbonyl (C=O) groups excluding carboxylic acids is 1. The normalized spacial score (nSPS) is 11.1. The summed E-state index contributed by atoms with van der Waals surface area (Å²) in [6, 6.07) is 7.58. The monoisotopic (exact) mass is 317 g/mol. The van der Waals surface area contributed by atoms with E-state index < -0.39 is 10.8 Å². The SMILES string of the molecule is CCOc1ccc(/C(C)=N\NC(=O)c2ccco2)cc1[N+](=O)[O-]. The molecule has 8 nitrogen and oxygen atoms in total. The van der Waals surface area contributed by atoms with E-state index in [1.807, 2.05) is 0 Å². The molecule has 1 heterocycles. The second kappa shape index (κ2) is 7.21. The maximum Gasteiger partial charge on any atom is 0.311 e. The van der Waals surface area contributed by atoms with Crippen molar-refractivity contribution in [3.8, 4) is 5.75 Å². The Morgan fingerprint density at radius 3 is 2.83 bits per heavy atom. The zero-order valence-electron chi connectivity index (χ0n) is 12.6. The first-order chi connectivity index (χ1) is 11.0. The van der Waals surface area contributed by atoms with E-state index in [1.165, 1.54) is 24.5 Å². The molecule has 0 unspecified atom stereocenters. The Labute approximate surface area is 131 Å². The molecule has 0 aliphatic heterocycles. The van der Waals surface area contributed by atoms with Crippen LogP contribution < -0.4 is 10.2 Å². The molecule has 0 radical (unpaired) electrons. The molecule has 0 atom stereocenters. The van der Waals surface area contributed by atoms with Gasteiger partial charge in [-0.3, -0.25) is 14.9 Å². The highest BCUT2D eigenvalue weighted by atomic mass is 16.6. The van der Waals surface area contributed by atoms with Crippen LogP contribution >= 0.6 is 0 Å². The minimum Gasteiger partial charge on any atom is -0.487 e. The molecule has 23 heavy (non-hydrogen) atoms. The van der Waals surface area contributed by atoms with Gasteiger partial charge in [-0.05, 0) is 38.1 Å². The lowest BCUT2D eigenvalue weighted by molar-refractivity contribution is -0.385. The van der Waals surface area contributed by atoms with Crippen LogP contribution in [0.25, 0.3) is 0 Å². The van der Waals surface area contributed by atoms with Gasteiger partial charge in [0.05, 0.1) is 23.5 Å². The lowest BCUT2D eigenvalue weighted by atomic mass is 10.1. The molecular weight excluding hydrogens is 302 g/mol. The number of furan rings is 1. The van der Waals surface area contributed by atoms with Crippen molar-refractivity contribution in [1.29, 1.82) is 0 Å². The largest absolute Gasteiger partial charge is 0.487 e. The molecule has 0 bridgehead atoms. The first-order valence-corrected chi connectivity index (χ1v) is 6.82. The Morgan fingerprint density at radius 2 is 2.22 bits per heavy atom. The fourth-order valence-electron chi connectivity index (χ4n) is 1.82. The van der Waals surface area contributed by atoms with E-state index in [9.17, 15) is 14.9 Å². The standard InChI is InChI=1S/C15H15N3O5/c1-3-22-13-7-6-11(9-12(13)18(20)21)10(2)16-17-15(19)14-5-4-8-23-14/h4-9H,3H2,1-2H3,(H,17,19)/b16-10-. The van der Waals surface area contributed by atoms with E-state index in [-0.39, 0.29) is 17.2 Å².